The van der Waals surface area contributed by atoms with Crippen molar-refractivity contribution in [2.24, 2.45) is 0 Å². The molecular formula is C18H20BrN3O3. The number of nitrogens with one attached hydrogen (secondary N) is 2. The number of amides is 2. The number of halogens is 1. The summed E-state index contributed by atoms with van der Waals surface area (Å²) in [5.74, 6) is 0.119. The van der Waals surface area contributed by atoms with Gasteiger partial charge >= 0.3 is 0 Å². The van der Waals surface area contributed by atoms with Crippen LogP contribution in [0.25, 0.3) is 0 Å². The highest BCUT2D eigenvalue weighted by atomic mass is 79.9. The Labute approximate surface area is 155 Å². The average molecular weight is 406 g/mol. The molecule has 0 fully saturated rings. The summed E-state index contributed by atoms with van der Waals surface area (Å²) in [5.41, 5.74) is 6.35. The molecule has 0 aromatic heterocycles. The minimum absolute atomic E-state index is 0.155. The van der Waals surface area contributed by atoms with Gasteiger partial charge in [-0.2, -0.15) is 0 Å². The molecule has 0 saturated heterocycles. The highest BCUT2D eigenvalue weighted by Crippen LogP contribution is 2.15. The molecule has 6 nitrogen and oxygen atoms in total. The standard InChI is InChI=1S/C18H20BrN3O3/c1-22(11-13-7-9-14(25-2)10-8-13)12-17(23)20-21-18(24)15-5-3-4-6-16(15)19/h3-10H,11-12H2,1-2H3,(H,20,23)(H,21,24). The zero-order valence-corrected chi connectivity index (χ0v) is 15.7. The molecule has 2 rings (SSSR count). The molecule has 2 amide bonds. The van der Waals surface area contributed by atoms with Gasteiger partial charge in [0, 0.05) is 11.0 Å². The van der Waals surface area contributed by atoms with E-state index in [1.54, 1.807) is 25.3 Å². The molecule has 0 atom stereocenters. The van der Waals surface area contributed by atoms with Crippen LogP contribution in [0.3, 0.4) is 0 Å². The first-order chi connectivity index (χ1) is 12.0. The third kappa shape index (κ3) is 5.88. The van der Waals surface area contributed by atoms with E-state index in [1.165, 1.54) is 0 Å². The van der Waals surface area contributed by atoms with Gasteiger partial charge in [-0.1, -0.05) is 24.3 Å². The SMILES string of the molecule is COc1ccc(CN(C)CC(=O)NNC(=O)c2ccccc2Br)cc1. The number of methoxy groups -OCH3 is 1. The van der Waals surface area contributed by atoms with Crippen LogP contribution in [0.5, 0.6) is 5.75 Å². The topological polar surface area (TPSA) is 70.7 Å². The second-order valence-corrected chi connectivity index (χ2v) is 6.36. The fourth-order valence-corrected chi connectivity index (χ4v) is 2.69. The Morgan fingerprint density at radius 1 is 1.08 bits per heavy atom. The summed E-state index contributed by atoms with van der Waals surface area (Å²) >= 11 is 3.30. The van der Waals surface area contributed by atoms with Crippen molar-refractivity contribution in [3.8, 4) is 5.75 Å². The van der Waals surface area contributed by atoms with E-state index in [0.29, 0.717) is 16.6 Å². The first-order valence-electron chi connectivity index (χ1n) is 7.65. The molecule has 0 heterocycles. The number of benzene rings is 2. The third-order valence-corrected chi connectivity index (χ3v) is 4.15. The molecule has 25 heavy (non-hydrogen) atoms. The number of ether oxygens (including phenoxy) is 1. The van der Waals surface area contributed by atoms with Crippen molar-refractivity contribution in [1.82, 2.24) is 15.8 Å². The van der Waals surface area contributed by atoms with Gasteiger partial charge in [0.05, 0.1) is 19.2 Å². The van der Waals surface area contributed by atoms with E-state index in [1.807, 2.05) is 42.3 Å². The zero-order valence-electron chi connectivity index (χ0n) is 14.1. The lowest BCUT2D eigenvalue weighted by Gasteiger charge is -2.17. The van der Waals surface area contributed by atoms with Crippen LogP contribution < -0.4 is 15.6 Å². The van der Waals surface area contributed by atoms with Crippen LogP contribution in [0, 0.1) is 0 Å². The van der Waals surface area contributed by atoms with Crippen LogP contribution in [0.4, 0.5) is 0 Å². The number of rotatable bonds is 6. The molecule has 0 aliphatic heterocycles. The molecule has 7 heteroatoms. The Bertz CT molecular complexity index is 735. The second kappa shape index (κ2) is 9.19. The number of likely N-dealkylation sites (N-methyl/N-ethyl adjacent to an activating group) is 1. The smallest absolute Gasteiger partial charge is 0.270 e. The van der Waals surface area contributed by atoms with E-state index < -0.39 is 0 Å². The Hall–Kier alpha value is -2.38. The molecule has 0 spiro atoms. The minimum atomic E-state index is -0.376. The van der Waals surface area contributed by atoms with Gasteiger partial charge in [-0.3, -0.25) is 25.3 Å². The molecule has 0 aliphatic carbocycles. The van der Waals surface area contributed by atoms with Crippen LogP contribution >= 0.6 is 15.9 Å². The summed E-state index contributed by atoms with van der Waals surface area (Å²) < 4.78 is 5.78. The Morgan fingerprint density at radius 2 is 1.76 bits per heavy atom. The molecule has 0 unspecified atom stereocenters. The highest BCUT2D eigenvalue weighted by molar-refractivity contribution is 9.10. The summed E-state index contributed by atoms with van der Waals surface area (Å²) in [7, 11) is 3.45. The first kappa shape index (κ1) is 19.0. The van der Waals surface area contributed by atoms with Gasteiger partial charge in [-0.25, -0.2) is 0 Å². The monoisotopic (exact) mass is 405 g/mol. The van der Waals surface area contributed by atoms with Crippen LogP contribution in [0.2, 0.25) is 0 Å². The van der Waals surface area contributed by atoms with E-state index >= 15 is 0 Å². The van der Waals surface area contributed by atoms with E-state index in [0.717, 1.165) is 11.3 Å². The van der Waals surface area contributed by atoms with Crippen molar-refractivity contribution in [3.63, 3.8) is 0 Å². The quantitative estimate of drug-likeness (QED) is 0.723. The second-order valence-electron chi connectivity index (χ2n) is 5.50. The van der Waals surface area contributed by atoms with Gasteiger partial charge in [0.25, 0.3) is 11.8 Å². The number of hydrogen-bond donors (Lipinski definition) is 2. The van der Waals surface area contributed by atoms with Crippen LogP contribution in [0.15, 0.2) is 53.0 Å². The zero-order chi connectivity index (χ0) is 18.2. The van der Waals surface area contributed by atoms with Gasteiger partial charge in [0.2, 0.25) is 0 Å². The number of hydrazine groups is 1. The predicted octanol–water partition coefficient (Wildman–Crippen LogP) is 2.35. The molecule has 0 saturated carbocycles. The Morgan fingerprint density at radius 3 is 2.40 bits per heavy atom. The van der Waals surface area contributed by atoms with Crippen molar-refractivity contribution in [2.75, 3.05) is 20.7 Å². The normalized spacial score (nSPS) is 10.4. The maximum absolute atomic E-state index is 12.0. The highest BCUT2D eigenvalue weighted by Gasteiger charge is 2.11. The van der Waals surface area contributed by atoms with Gasteiger partial charge in [-0.15, -0.1) is 0 Å². The number of hydrogen-bond acceptors (Lipinski definition) is 4. The van der Waals surface area contributed by atoms with Crippen molar-refractivity contribution >= 4 is 27.7 Å². The lowest BCUT2D eigenvalue weighted by molar-refractivity contribution is -0.122. The van der Waals surface area contributed by atoms with Crippen molar-refractivity contribution < 1.29 is 14.3 Å². The van der Waals surface area contributed by atoms with Gasteiger partial charge in [0.15, 0.2) is 0 Å². The molecule has 2 aromatic carbocycles. The van der Waals surface area contributed by atoms with E-state index in [9.17, 15) is 9.59 Å². The lowest BCUT2D eigenvalue weighted by atomic mass is 10.2. The summed E-state index contributed by atoms with van der Waals surface area (Å²) in [5, 5.41) is 0. The van der Waals surface area contributed by atoms with Crippen molar-refractivity contribution in [2.45, 2.75) is 6.54 Å². The maximum atomic E-state index is 12.0. The summed E-state index contributed by atoms with van der Waals surface area (Å²) in [6, 6.07) is 14.6. The maximum Gasteiger partial charge on any atom is 0.270 e. The van der Waals surface area contributed by atoms with E-state index in [2.05, 4.69) is 26.8 Å². The van der Waals surface area contributed by atoms with Gasteiger partial charge < -0.3 is 4.74 Å². The largest absolute Gasteiger partial charge is 0.497 e. The number of carbonyl (C=O) groups is 2. The Balaban J connectivity index is 1.79. The van der Waals surface area contributed by atoms with Crippen LogP contribution in [-0.4, -0.2) is 37.4 Å². The number of nitrogens with zero attached hydrogens (tertiary/aromatic N) is 1. The molecule has 2 N–H and O–H groups in total. The summed E-state index contributed by atoms with van der Waals surface area (Å²) in [6.45, 7) is 0.762. The van der Waals surface area contributed by atoms with Crippen LogP contribution in [-0.2, 0) is 11.3 Å². The summed E-state index contributed by atoms with van der Waals surface area (Å²) in [6.07, 6.45) is 0. The predicted molar refractivity (Wildman–Crippen MR) is 99.1 cm³/mol. The third-order valence-electron chi connectivity index (χ3n) is 3.46. The van der Waals surface area contributed by atoms with Crippen molar-refractivity contribution in [3.05, 3.63) is 64.1 Å². The van der Waals surface area contributed by atoms with Crippen LogP contribution in [0.1, 0.15) is 15.9 Å². The molecule has 0 radical (unpaired) electrons. The molecule has 0 aliphatic rings. The fourth-order valence-electron chi connectivity index (χ4n) is 2.22. The molecule has 132 valence electrons. The molecule has 2 aromatic rings. The lowest BCUT2D eigenvalue weighted by Crippen LogP contribution is -2.45. The minimum Gasteiger partial charge on any atom is -0.497 e. The van der Waals surface area contributed by atoms with E-state index in [4.69, 9.17) is 4.74 Å². The van der Waals surface area contributed by atoms with Crippen molar-refractivity contribution in [1.29, 1.82) is 0 Å². The summed E-state index contributed by atoms with van der Waals surface area (Å²) in [4.78, 5) is 25.8. The average Bonchev–Trinajstić information content (AvgIpc) is 2.60. The molecule has 0 bridgehead atoms. The molecular weight excluding hydrogens is 386 g/mol. The Kier molecular flexibility index (Phi) is 6.97. The number of carbonyl (C=O) groups excluding carboxylic acids is 2. The fraction of sp³-hybridized carbons (Fsp3) is 0.222. The van der Waals surface area contributed by atoms with E-state index in [-0.39, 0.29) is 18.4 Å². The van der Waals surface area contributed by atoms with Gasteiger partial charge in [0.1, 0.15) is 5.75 Å². The first-order valence-corrected chi connectivity index (χ1v) is 8.44. The van der Waals surface area contributed by atoms with Gasteiger partial charge in [-0.05, 0) is 52.8 Å².